The number of carbonyl (C=O) groups excluding carboxylic acids is 3. The van der Waals surface area contributed by atoms with Crippen molar-refractivity contribution in [1.29, 1.82) is 0 Å². The Kier molecular flexibility index (Phi) is 8.74. The van der Waals surface area contributed by atoms with E-state index in [1.807, 2.05) is 12.1 Å². The Morgan fingerprint density at radius 3 is 2.21 bits per heavy atom. The van der Waals surface area contributed by atoms with Gasteiger partial charge in [0.15, 0.2) is 12.1 Å². The molecule has 0 N–H and O–H groups in total. The first-order valence-corrected chi connectivity index (χ1v) is 16.8. The lowest BCUT2D eigenvalue weighted by atomic mass is 9.77. The van der Waals surface area contributed by atoms with E-state index >= 15 is 0 Å². The van der Waals surface area contributed by atoms with Crippen LogP contribution in [0.4, 0.5) is 5.69 Å². The highest BCUT2D eigenvalue weighted by Gasteiger charge is 2.56. The Balaban J connectivity index is 1.21. The summed E-state index contributed by atoms with van der Waals surface area (Å²) in [7, 11) is 0. The number of carbonyl (C=O) groups is 3. The predicted molar refractivity (Wildman–Crippen MR) is 183 cm³/mol. The average Bonchev–Trinajstić information content (AvgIpc) is 3.68. The van der Waals surface area contributed by atoms with Gasteiger partial charge in [-0.05, 0) is 84.5 Å². The zero-order valence-electron chi connectivity index (χ0n) is 24.1. The monoisotopic (exact) mass is 748 g/mol. The number of halogens is 6. The molecule has 15 heteroatoms. The van der Waals surface area contributed by atoms with Crippen molar-refractivity contribution in [3.05, 3.63) is 101 Å². The van der Waals surface area contributed by atoms with Gasteiger partial charge < -0.3 is 0 Å². The third-order valence-electron chi connectivity index (χ3n) is 8.64. The lowest BCUT2D eigenvalue weighted by molar-refractivity contribution is -0.136. The summed E-state index contributed by atoms with van der Waals surface area (Å²) >= 11 is 37.9. The van der Waals surface area contributed by atoms with Gasteiger partial charge in [-0.1, -0.05) is 87.0 Å². The zero-order chi connectivity index (χ0) is 33.1. The van der Waals surface area contributed by atoms with E-state index in [1.165, 1.54) is 28.2 Å². The number of amides is 3. The summed E-state index contributed by atoms with van der Waals surface area (Å²) in [5.74, 6) is -1.86. The minimum absolute atomic E-state index is 0.126. The summed E-state index contributed by atoms with van der Waals surface area (Å²) in [4.78, 5) is 42.1. The van der Waals surface area contributed by atoms with Gasteiger partial charge in [-0.15, -0.1) is 0 Å². The van der Waals surface area contributed by atoms with Crippen molar-refractivity contribution >= 4 is 105 Å². The van der Waals surface area contributed by atoms with Crippen LogP contribution in [0.25, 0.3) is 6.08 Å². The number of fused-ring (bicyclic) bond motifs is 2. The molecule has 3 heterocycles. The minimum atomic E-state index is -1.13. The lowest BCUT2D eigenvalue weighted by Gasteiger charge is -2.31. The van der Waals surface area contributed by atoms with E-state index in [-0.39, 0.29) is 23.2 Å². The van der Waals surface area contributed by atoms with Crippen LogP contribution >= 0.6 is 69.6 Å². The maximum absolute atomic E-state index is 14.2. The molecule has 0 spiro atoms. The van der Waals surface area contributed by atoms with Crippen LogP contribution in [0.2, 0.25) is 30.1 Å². The summed E-state index contributed by atoms with van der Waals surface area (Å²) < 4.78 is 0. The van der Waals surface area contributed by atoms with Gasteiger partial charge in [-0.2, -0.15) is 10.2 Å². The lowest BCUT2D eigenvalue weighted by Crippen LogP contribution is -2.45. The van der Waals surface area contributed by atoms with Gasteiger partial charge in [-0.25, -0.2) is 9.91 Å². The van der Waals surface area contributed by atoms with E-state index in [9.17, 15) is 14.4 Å². The van der Waals surface area contributed by atoms with Crippen LogP contribution in [0.5, 0.6) is 0 Å². The standard InChI is InChI=1S/C32H22Cl6N6O3/c33-17-5-4-15(22(36)11-17)10-16-2-1-3-21-27(16)40-44(29(21)20-8-6-18(34)12-23(20)37)26(45)14-42-30-28(39-41-42)31(46)43(32(30)47)25-9-7-19(35)13-24(25)38/h4-13,21,28-30H,1-3,14H2/b16-10+/t21-,28+,29+,30-/m1/s1. The zero-order valence-corrected chi connectivity index (χ0v) is 28.6. The summed E-state index contributed by atoms with van der Waals surface area (Å²) in [5, 5.41) is 18.0. The van der Waals surface area contributed by atoms with Crippen molar-refractivity contribution in [2.75, 3.05) is 11.4 Å². The maximum Gasteiger partial charge on any atom is 0.264 e. The molecular formula is C32H22Cl6N6O3. The van der Waals surface area contributed by atoms with Gasteiger partial charge in [0.05, 0.1) is 22.5 Å². The Hall–Kier alpha value is -3.18. The molecule has 3 aromatic rings. The van der Waals surface area contributed by atoms with Crippen LogP contribution in [0, 0.1) is 5.92 Å². The molecule has 9 nitrogen and oxygen atoms in total. The molecule has 3 amide bonds. The first-order chi connectivity index (χ1) is 22.5. The molecule has 4 atom stereocenters. The SMILES string of the molecule is O=C1[C@H]2N=NN(CC(=O)N3N=C4/C(=C/c5ccc(Cl)cc5Cl)CCC[C@H]4[C@@H]3c3ccc(Cl)cc3Cl)[C@H]2C(=O)N1c1ccc(Cl)cc1Cl. The largest absolute Gasteiger partial charge is 0.271 e. The van der Waals surface area contributed by atoms with Crippen LogP contribution in [-0.4, -0.2) is 52.1 Å². The number of hydrogen-bond donors (Lipinski definition) is 0. The predicted octanol–water partition coefficient (Wildman–Crippen LogP) is 8.72. The fourth-order valence-corrected chi connectivity index (χ4v) is 8.00. The van der Waals surface area contributed by atoms with Crippen molar-refractivity contribution in [2.45, 2.75) is 37.4 Å². The molecule has 0 unspecified atom stereocenters. The maximum atomic E-state index is 14.2. The number of hydrogen-bond acceptors (Lipinski definition) is 7. The van der Waals surface area contributed by atoms with Crippen molar-refractivity contribution in [3.8, 4) is 0 Å². The molecule has 240 valence electrons. The number of nitrogens with zero attached hydrogens (tertiary/aromatic N) is 6. The molecule has 1 aliphatic carbocycles. The van der Waals surface area contributed by atoms with Gasteiger partial charge in [0, 0.05) is 31.0 Å². The highest BCUT2D eigenvalue weighted by molar-refractivity contribution is 6.39. The molecule has 3 aliphatic heterocycles. The van der Waals surface area contributed by atoms with E-state index in [0.29, 0.717) is 30.7 Å². The van der Waals surface area contributed by atoms with Crippen molar-refractivity contribution in [1.82, 2.24) is 10.0 Å². The summed E-state index contributed by atoms with van der Waals surface area (Å²) in [6.45, 7) is -0.376. The van der Waals surface area contributed by atoms with Crippen LogP contribution in [0.15, 0.2) is 75.6 Å². The van der Waals surface area contributed by atoms with Crippen LogP contribution in [0.1, 0.15) is 36.4 Å². The molecule has 1 saturated heterocycles. The molecule has 3 aromatic carbocycles. The van der Waals surface area contributed by atoms with E-state index < -0.39 is 35.8 Å². The fraction of sp³-hybridized carbons (Fsp3) is 0.250. The fourth-order valence-electron chi connectivity index (χ4n) is 6.53. The molecule has 0 radical (unpaired) electrons. The third kappa shape index (κ3) is 5.81. The second kappa shape index (κ2) is 12.7. The van der Waals surface area contributed by atoms with Crippen LogP contribution < -0.4 is 4.90 Å². The summed E-state index contributed by atoms with van der Waals surface area (Å²) in [6, 6.07) is 12.0. The van der Waals surface area contributed by atoms with Crippen molar-refractivity contribution in [2.24, 2.45) is 21.4 Å². The number of imide groups is 1. The Bertz CT molecular complexity index is 1950. The van der Waals surface area contributed by atoms with Gasteiger partial charge in [0.1, 0.15) is 6.54 Å². The number of benzene rings is 3. The van der Waals surface area contributed by atoms with Crippen LogP contribution in [0.3, 0.4) is 0 Å². The molecule has 47 heavy (non-hydrogen) atoms. The van der Waals surface area contributed by atoms with Gasteiger partial charge in [-0.3, -0.25) is 19.4 Å². The molecule has 0 aromatic heterocycles. The van der Waals surface area contributed by atoms with Crippen molar-refractivity contribution < 1.29 is 14.4 Å². The summed E-state index contributed by atoms with van der Waals surface area (Å²) in [6.07, 6.45) is 4.28. The summed E-state index contributed by atoms with van der Waals surface area (Å²) in [5.41, 5.74) is 3.30. The molecular weight excluding hydrogens is 729 g/mol. The average molecular weight is 751 g/mol. The number of hydrazone groups is 1. The Morgan fingerprint density at radius 2 is 1.51 bits per heavy atom. The second-order valence-corrected chi connectivity index (χ2v) is 14.0. The first kappa shape index (κ1) is 32.4. The Morgan fingerprint density at radius 1 is 0.830 bits per heavy atom. The highest BCUT2D eigenvalue weighted by atomic mass is 35.5. The smallest absolute Gasteiger partial charge is 0.264 e. The van der Waals surface area contributed by atoms with Crippen molar-refractivity contribution in [3.63, 3.8) is 0 Å². The first-order valence-electron chi connectivity index (χ1n) is 14.5. The van der Waals surface area contributed by atoms with E-state index in [2.05, 4.69) is 10.3 Å². The van der Waals surface area contributed by atoms with Gasteiger partial charge in [0.25, 0.3) is 17.7 Å². The minimum Gasteiger partial charge on any atom is -0.271 e. The molecule has 7 rings (SSSR count). The van der Waals surface area contributed by atoms with E-state index in [4.69, 9.17) is 74.7 Å². The number of allylic oxidation sites excluding steroid dienone is 1. The van der Waals surface area contributed by atoms with E-state index in [0.717, 1.165) is 41.0 Å². The van der Waals surface area contributed by atoms with Gasteiger partial charge >= 0.3 is 0 Å². The number of rotatable bonds is 5. The Labute approximate surface area is 299 Å². The molecule has 4 aliphatic rings. The second-order valence-electron chi connectivity index (χ2n) is 11.5. The molecule has 0 bridgehead atoms. The molecule has 1 saturated carbocycles. The van der Waals surface area contributed by atoms with Gasteiger partial charge in [0.2, 0.25) is 0 Å². The third-order valence-corrected chi connectivity index (χ3v) is 10.3. The topological polar surface area (TPSA) is 98.0 Å². The molecule has 2 fully saturated rings. The highest BCUT2D eigenvalue weighted by Crippen LogP contribution is 2.47. The quantitative estimate of drug-likeness (QED) is 0.244. The van der Waals surface area contributed by atoms with E-state index in [1.54, 1.807) is 30.3 Å². The van der Waals surface area contributed by atoms with Crippen LogP contribution in [-0.2, 0) is 14.4 Å². The normalized spacial score (nSPS) is 24.3. The number of anilines is 1.